The van der Waals surface area contributed by atoms with Gasteiger partial charge in [-0.25, -0.2) is 0 Å². The van der Waals surface area contributed by atoms with Crippen LogP contribution in [0.5, 0.6) is 23.0 Å². The molecule has 3 aromatic carbocycles. The Hall–Kier alpha value is -2.72. The second kappa shape index (κ2) is 8.31. The third kappa shape index (κ3) is 4.34. The summed E-state index contributed by atoms with van der Waals surface area (Å²) in [6.07, 6.45) is 3.95. The zero-order valence-electron chi connectivity index (χ0n) is 15.4. The lowest BCUT2D eigenvalue weighted by Gasteiger charge is -2.26. The van der Waals surface area contributed by atoms with Gasteiger partial charge in [0.25, 0.3) is 0 Å². The molecule has 0 amide bonds. The lowest BCUT2D eigenvalue weighted by Crippen LogP contribution is -2.33. The van der Waals surface area contributed by atoms with Crippen LogP contribution < -0.4 is 9.47 Å². The van der Waals surface area contributed by atoms with E-state index in [4.69, 9.17) is 9.47 Å². The zero-order valence-corrected chi connectivity index (χ0v) is 15.4. The van der Waals surface area contributed by atoms with Crippen LogP contribution in [0.15, 0.2) is 60.7 Å². The van der Waals surface area contributed by atoms with Gasteiger partial charge < -0.3 is 14.6 Å². The molecule has 0 aliphatic carbocycles. The highest BCUT2D eigenvalue weighted by Crippen LogP contribution is 2.38. The van der Waals surface area contributed by atoms with E-state index in [1.807, 2.05) is 54.6 Å². The van der Waals surface area contributed by atoms with Crippen LogP contribution in [0.2, 0.25) is 0 Å². The maximum atomic E-state index is 10.2. The minimum atomic E-state index is 0.135. The zero-order chi connectivity index (χ0) is 18.5. The number of phenolic OH excluding ortho intramolecular Hbond substituents is 1. The highest BCUT2D eigenvalue weighted by atomic mass is 16.5. The molecule has 3 aromatic rings. The van der Waals surface area contributed by atoms with Crippen molar-refractivity contribution in [1.82, 2.24) is 4.90 Å². The molecule has 1 fully saturated rings. The lowest BCUT2D eigenvalue weighted by atomic mass is 10.1. The van der Waals surface area contributed by atoms with Crippen LogP contribution in [0.3, 0.4) is 0 Å². The van der Waals surface area contributed by atoms with E-state index in [1.54, 1.807) is 6.07 Å². The summed E-state index contributed by atoms with van der Waals surface area (Å²) in [5, 5.41) is 12.1. The summed E-state index contributed by atoms with van der Waals surface area (Å²) in [4.78, 5) is 2.46. The molecule has 1 N–H and O–H groups in total. The smallest absolute Gasteiger partial charge is 0.176 e. The van der Waals surface area contributed by atoms with Crippen LogP contribution in [-0.2, 0) is 0 Å². The van der Waals surface area contributed by atoms with Crippen molar-refractivity contribution >= 4 is 10.8 Å². The number of hydrogen-bond donors (Lipinski definition) is 1. The maximum Gasteiger partial charge on any atom is 0.176 e. The Bertz CT molecular complexity index is 886. The van der Waals surface area contributed by atoms with E-state index < -0.39 is 0 Å². The highest BCUT2D eigenvalue weighted by molar-refractivity contribution is 5.90. The van der Waals surface area contributed by atoms with Gasteiger partial charge >= 0.3 is 0 Å². The molecule has 0 radical (unpaired) electrons. The van der Waals surface area contributed by atoms with Crippen LogP contribution in [0, 0.1) is 0 Å². The van der Waals surface area contributed by atoms with Gasteiger partial charge in [0.05, 0.1) is 0 Å². The molecule has 4 nitrogen and oxygen atoms in total. The second-order valence-corrected chi connectivity index (χ2v) is 6.96. The minimum Gasteiger partial charge on any atom is -0.504 e. The molecule has 1 saturated heterocycles. The van der Waals surface area contributed by atoms with Crippen molar-refractivity contribution in [2.24, 2.45) is 0 Å². The number of benzene rings is 3. The van der Waals surface area contributed by atoms with E-state index in [2.05, 4.69) is 4.90 Å². The summed E-state index contributed by atoms with van der Waals surface area (Å²) < 4.78 is 11.8. The lowest BCUT2D eigenvalue weighted by molar-refractivity contribution is 0.183. The van der Waals surface area contributed by atoms with Gasteiger partial charge in [0.2, 0.25) is 0 Å². The van der Waals surface area contributed by atoms with Crippen molar-refractivity contribution < 1.29 is 14.6 Å². The number of ether oxygens (including phenoxy) is 2. The predicted molar refractivity (Wildman–Crippen MR) is 108 cm³/mol. The van der Waals surface area contributed by atoms with Gasteiger partial charge in [0.1, 0.15) is 18.1 Å². The summed E-state index contributed by atoms with van der Waals surface area (Å²) in [6, 6.07) is 19.0. The molecule has 1 aliphatic heterocycles. The summed E-state index contributed by atoms with van der Waals surface area (Å²) in [6.45, 7) is 4.04. The molecule has 0 atom stereocenters. The van der Waals surface area contributed by atoms with Gasteiger partial charge in [0.15, 0.2) is 11.5 Å². The molecule has 0 saturated carbocycles. The summed E-state index contributed by atoms with van der Waals surface area (Å²) >= 11 is 0. The fourth-order valence-corrected chi connectivity index (χ4v) is 3.54. The fraction of sp³-hybridized carbons (Fsp3) is 0.304. The van der Waals surface area contributed by atoms with Crippen LogP contribution in [0.25, 0.3) is 10.8 Å². The molecule has 0 bridgehead atoms. The van der Waals surface area contributed by atoms with Crippen LogP contribution >= 0.6 is 0 Å². The van der Waals surface area contributed by atoms with E-state index in [0.717, 1.165) is 23.1 Å². The highest BCUT2D eigenvalue weighted by Gasteiger charge is 2.11. The summed E-state index contributed by atoms with van der Waals surface area (Å²) in [5.41, 5.74) is 0. The Kier molecular flexibility index (Phi) is 5.45. The van der Waals surface area contributed by atoms with Crippen molar-refractivity contribution in [2.75, 3.05) is 26.2 Å². The van der Waals surface area contributed by atoms with Crippen molar-refractivity contribution in [3.8, 4) is 23.0 Å². The molecule has 0 aromatic heterocycles. The Morgan fingerprint density at radius 2 is 1.56 bits per heavy atom. The number of rotatable bonds is 6. The first kappa shape index (κ1) is 17.7. The number of aromatic hydroxyl groups is 1. The van der Waals surface area contributed by atoms with Crippen LogP contribution in [-0.4, -0.2) is 36.2 Å². The van der Waals surface area contributed by atoms with Crippen molar-refractivity contribution in [1.29, 1.82) is 0 Å². The Morgan fingerprint density at radius 3 is 2.37 bits per heavy atom. The van der Waals surface area contributed by atoms with Gasteiger partial charge in [-0.15, -0.1) is 0 Å². The van der Waals surface area contributed by atoms with Gasteiger partial charge in [-0.2, -0.15) is 0 Å². The average Bonchev–Trinajstić information content (AvgIpc) is 2.72. The first-order chi connectivity index (χ1) is 13.3. The quantitative estimate of drug-likeness (QED) is 0.653. The number of piperidine rings is 1. The topological polar surface area (TPSA) is 41.9 Å². The van der Waals surface area contributed by atoms with Gasteiger partial charge in [-0.1, -0.05) is 36.8 Å². The van der Waals surface area contributed by atoms with E-state index in [9.17, 15) is 5.11 Å². The average molecular weight is 363 g/mol. The third-order valence-corrected chi connectivity index (χ3v) is 5.03. The number of fused-ring (bicyclic) bond motifs is 1. The van der Waals surface area contributed by atoms with Crippen molar-refractivity contribution in [2.45, 2.75) is 19.3 Å². The molecule has 4 rings (SSSR count). The number of phenols is 1. The summed E-state index contributed by atoms with van der Waals surface area (Å²) in [5.74, 6) is 2.12. The van der Waals surface area contributed by atoms with Gasteiger partial charge in [0, 0.05) is 11.9 Å². The first-order valence-corrected chi connectivity index (χ1v) is 9.63. The van der Waals surface area contributed by atoms with Crippen LogP contribution in [0.1, 0.15) is 19.3 Å². The molecule has 1 aliphatic rings. The molecule has 140 valence electrons. The Labute approximate surface area is 160 Å². The molecule has 27 heavy (non-hydrogen) atoms. The number of likely N-dealkylation sites (tertiary alicyclic amines) is 1. The van der Waals surface area contributed by atoms with Crippen LogP contribution in [0.4, 0.5) is 0 Å². The first-order valence-electron chi connectivity index (χ1n) is 9.63. The van der Waals surface area contributed by atoms with Gasteiger partial charge in [-0.05, 0) is 61.6 Å². The normalized spacial score (nSPS) is 15.0. The molecule has 0 spiro atoms. The molecule has 4 heteroatoms. The molecule has 0 unspecified atom stereocenters. The summed E-state index contributed by atoms with van der Waals surface area (Å²) in [7, 11) is 0. The molecule has 1 heterocycles. The Morgan fingerprint density at radius 1 is 0.815 bits per heavy atom. The number of hydrogen-bond acceptors (Lipinski definition) is 4. The van der Waals surface area contributed by atoms with Crippen molar-refractivity contribution in [3.05, 3.63) is 60.7 Å². The molecular formula is C23H25NO3. The second-order valence-electron chi connectivity index (χ2n) is 6.96. The largest absolute Gasteiger partial charge is 0.504 e. The van der Waals surface area contributed by atoms with Crippen molar-refractivity contribution in [3.63, 3.8) is 0 Å². The maximum absolute atomic E-state index is 10.2. The number of nitrogens with zero attached hydrogens (tertiary/aromatic N) is 1. The van der Waals surface area contributed by atoms with E-state index >= 15 is 0 Å². The van der Waals surface area contributed by atoms with E-state index in [-0.39, 0.29) is 5.75 Å². The predicted octanol–water partition coefficient (Wildman–Crippen LogP) is 5.20. The fourth-order valence-electron chi connectivity index (χ4n) is 3.54. The standard InChI is InChI=1S/C23H25NO3/c25-22-13-8-18-6-2-3-7-21(18)23(22)27-20-11-9-19(10-12-20)26-17-16-24-14-4-1-5-15-24/h2-3,6-13,25H,1,4-5,14-17H2. The SMILES string of the molecule is Oc1ccc2ccccc2c1Oc1ccc(OCCN2CCCCC2)cc1. The minimum absolute atomic E-state index is 0.135. The monoisotopic (exact) mass is 363 g/mol. The van der Waals surface area contributed by atoms with E-state index in [1.165, 1.54) is 32.4 Å². The Balaban J connectivity index is 1.39. The third-order valence-electron chi connectivity index (χ3n) is 5.03. The van der Waals surface area contributed by atoms with Gasteiger partial charge in [-0.3, -0.25) is 4.90 Å². The molecular weight excluding hydrogens is 338 g/mol. The van der Waals surface area contributed by atoms with E-state index in [0.29, 0.717) is 18.1 Å².